The second-order valence-electron chi connectivity index (χ2n) is 3.93. The van der Waals surface area contributed by atoms with Gasteiger partial charge in [-0.1, -0.05) is 6.92 Å². The summed E-state index contributed by atoms with van der Waals surface area (Å²) in [5.41, 5.74) is 0.708. The molecule has 1 spiro atoms. The minimum atomic E-state index is 0.708. The molecule has 9 heavy (non-hydrogen) atoms. The summed E-state index contributed by atoms with van der Waals surface area (Å²) in [7, 11) is 2.25. The molecule has 2 rings (SSSR count). The second-order valence-corrected chi connectivity index (χ2v) is 3.93. The third-order valence-corrected chi connectivity index (χ3v) is 3.07. The smallest absolute Gasteiger partial charge is 0.0336 e. The zero-order chi connectivity index (χ0) is 6.48. The summed E-state index contributed by atoms with van der Waals surface area (Å²) in [6, 6.07) is 0. The molecule has 2 aliphatic rings. The van der Waals surface area contributed by atoms with Crippen LogP contribution < -0.4 is 0 Å². The molecule has 52 valence electrons. The van der Waals surface area contributed by atoms with Gasteiger partial charge < -0.3 is 0 Å². The normalized spacial score (nSPS) is 56.7. The van der Waals surface area contributed by atoms with E-state index in [1.54, 1.807) is 0 Å². The molecule has 1 aliphatic carbocycles. The van der Waals surface area contributed by atoms with E-state index in [2.05, 4.69) is 18.9 Å². The number of nitrogens with zero attached hydrogens (tertiary/aromatic N) is 1. The van der Waals surface area contributed by atoms with Gasteiger partial charge in [-0.15, -0.1) is 0 Å². The maximum atomic E-state index is 2.50. The van der Waals surface area contributed by atoms with E-state index in [9.17, 15) is 0 Å². The number of likely N-dealkylation sites (N-methyl/N-ethyl adjacent to an activating group) is 1. The molecule has 0 amide bonds. The van der Waals surface area contributed by atoms with Gasteiger partial charge in [-0.2, -0.15) is 0 Å². The lowest BCUT2D eigenvalue weighted by atomic mass is 10.1. The van der Waals surface area contributed by atoms with Gasteiger partial charge in [0.25, 0.3) is 0 Å². The van der Waals surface area contributed by atoms with Gasteiger partial charge in [0.1, 0.15) is 0 Å². The van der Waals surface area contributed by atoms with Crippen molar-refractivity contribution in [2.45, 2.75) is 31.7 Å². The summed E-state index contributed by atoms with van der Waals surface area (Å²) in [6.07, 6.45) is 4.39. The molecule has 1 nitrogen and oxygen atoms in total. The first-order chi connectivity index (χ1) is 4.23. The summed E-state index contributed by atoms with van der Waals surface area (Å²) < 4.78 is 0. The van der Waals surface area contributed by atoms with E-state index in [1.165, 1.54) is 25.8 Å². The zero-order valence-electron chi connectivity index (χ0n) is 6.35. The molecule has 1 aliphatic heterocycles. The van der Waals surface area contributed by atoms with Crippen LogP contribution in [-0.2, 0) is 0 Å². The van der Waals surface area contributed by atoms with Gasteiger partial charge >= 0.3 is 0 Å². The van der Waals surface area contributed by atoms with Gasteiger partial charge in [0.05, 0.1) is 0 Å². The van der Waals surface area contributed by atoms with E-state index in [0.717, 1.165) is 5.92 Å². The van der Waals surface area contributed by atoms with E-state index in [1.807, 2.05) is 0 Å². The first kappa shape index (κ1) is 5.72. The number of hydrogen-bond acceptors (Lipinski definition) is 1. The third-order valence-electron chi connectivity index (χ3n) is 3.07. The van der Waals surface area contributed by atoms with Crippen LogP contribution in [-0.4, -0.2) is 24.0 Å². The van der Waals surface area contributed by atoms with Gasteiger partial charge in [-0.25, -0.2) is 0 Å². The minimum Gasteiger partial charge on any atom is -0.298 e. The lowest BCUT2D eigenvalue weighted by Crippen LogP contribution is -2.10. The SMILES string of the molecule is CC1CCC2(C1)CN2C. The fourth-order valence-electron chi connectivity index (χ4n) is 2.26. The highest BCUT2D eigenvalue weighted by Gasteiger charge is 2.52. The maximum absolute atomic E-state index is 2.50. The largest absolute Gasteiger partial charge is 0.298 e. The van der Waals surface area contributed by atoms with Crippen molar-refractivity contribution in [2.75, 3.05) is 13.6 Å². The maximum Gasteiger partial charge on any atom is 0.0336 e. The summed E-state index contributed by atoms with van der Waals surface area (Å²) >= 11 is 0. The quantitative estimate of drug-likeness (QED) is 0.443. The molecule has 0 aromatic rings. The Morgan fingerprint density at radius 1 is 1.56 bits per heavy atom. The van der Waals surface area contributed by atoms with Crippen molar-refractivity contribution in [1.29, 1.82) is 0 Å². The van der Waals surface area contributed by atoms with Gasteiger partial charge in [-0.05, 0) is 32.2 Å². The summed E-state index contributed by atoms with van der Waals surface area (Å²) in [6.45, 7) is 3.75. The highest BCUT2D eigenvalue weighted by molar-refractivity contribution is 5.09. The van der Waals surface area contributed by atoms with Crippen molar-refractivity contribution in [3.8, 4) is 0 Å². The second kappa shape index (κ2) is 1.51. The summed E-state index contributed by atoms with van der Waals surface area (Å²) in [4.78, 5) is 2.50. The molecule has 1 heterocycles. The van der Waals surface area contributed by atoms with E-state index >= 15 is 0 Å². The lowest BCUT2D eigenvalue weighted by molar-refractivity contribution is 0.457. The Hall–Kier alpha value is -0.0400. The number of rotatable bonds is 0. The van der Waals surface area contributed by atoms with Crippen molar-refractivity contribution in [3.05, 3.63) is 0 Å². The average Bonchev–Trinajstić information content (AvgIpc) is 2.17. The molecule has 0 radical (unpaired) electrons. The molecule has 1 saturated carbocycles. The molecule has 0 N–H and O–H groups in total. The van der Waals surface area contributed by atoms with Crippen LogP contribution in [0, 0.1) is 5.92 Å². The molecule has 3 unspecified atom stereocenters. The van der Waals surface area contributed by atoms with Crippen LogP contribution in [0.1, 0.15) is 26.2 Å². The first-order valence-electron chi connectivity index (χ1n) is 3.94. The molecular weight excluding hydrogens is 110 g/mol. The van der Waals surface area contributed by atoms with E-state index in [0.29, 0.717) is 5.54 Å². The van der Waals surface area contributed by atoms with E-state index in [-0.39, 0.29) is 0 Å². The predicted octanol–water partition coefficient (Wildman–Crippen LogP) is 1.49. The fourth-order valence-corrected chi connectivity index (χ4v) is 2.26. The van der Waals surface area contributed by atoms with Crippen LogP contribution in [0.2, 0.25) is 0 Å². The van der Waals surface area contributed by atoms with Crippen LogP contribution in [0.25, 0.3) is 0 Å². The lowest BCUT2D eigenvalue weighted by Gasteiger charge is -2.04. The molecule has 1 saturated heterocycles. The Bertz CT molecular complexity index is 131. The van der Waals surface area contributed by atoms with E-state index < -0.39 is 0 Å². The predicted molar refractivity (Wildman–Crippen MR) is 38.4 cm³/mol. The first-order valence-corrected chi connectivity index (χ1v) is 3.94. The highest BCUT2D eigenvalue weighted by Crippen LogP contribution is 2.47. The molecule has 0 aromatic heterocycles. The highest BCUT2D eigenvalue weighted by atomic mass is 15.3. The Labute approximate surface area is 57.0 Å². The van der Waals surface area contributed by atoms with Crippen LogP contribution >= 0.6 is 0 Å². The van der Waals surface area contributed by atoms with Crippen molar-refractivity contribution >= 4 is 0 Å². The fraction of sp³-hybridized carbons (Fsp3) is 1.00. The van der Waals surface area contributed by atoms with Crippen LogP contribution in [0.15, 0.2) is 0 Å². The molecular formula is C8H15N. The number of hydrogen-bond donors (Lipinski definition) is 0. The minimum absolute atomic E-state index is 0.708. The molecule has 3 atom stereocenters. The van der Waals surface area contributed by atoms with E-state index in [4.69, 9.17) is 0 Å². The molecule has 0 aromatic carbocycles. The standard InChI is InChI=1S/C8H15N/c1-7-3-4-8(5-7)6-9(8)2/h7H,3-6H2,1-2H3. The van der Waals surface area contributed by atoms with Gasteiger partial charge in [-0.3, -0.25) is 4.90 Å². The average molecular weight is 125 g/mol. The Morgan fingerprint density at radius 3 is 2.44 bits per heavy atom. The van der Waals surface area contributed by atoms with Crippen LogP contribution in [0.4, 0.5) is 0 Å². The monoisotopic (exact) mass is 125 g/mol. The topological polar surface area (TPSA) is 3.01 Å². The molecule has 2 fully saturated rings. The molecule has 0 bridgehead atoms. The van der Waals surface area contributed by atoms with Crippen molar-refractivity contribution in [3.63, 3.8) is 0 Å². The van der Waals surface area contributed by atoms with Crippen LogP contribution in [0.3, 0.4) is 0 Å². The van der Waals surface area contributed by atoms with Gasteiger partial charge in [0.2, 0.25) is 0 Å². The third kappa shape index (κ3) is 0.710. The van der Waals surface area contributed by atoms with Crippen molar-refractivity contribution < 1.29 is 0 Å². The van der Waals surface area contributed by atoms with Crippen LogP contribution in [0.5, 0.6) is 0 Å². The van der Waals surface area contributed by atoms with Gasteiger partial charge in [0.15, 0.2) is 0 Å². The van der Waals surface area contributed by atoms with Crippen molar-refractivity contribution in [2.24, 2.45) is 5.92 Å². The Kier molecular flexibility index (Phi) is 0.963. The zero-order valence-corrected chi connectivity index (χ0v) is 6.35. The van der Waals surface area contributed by atoms with Gasteiger partial charge in [0, 0.05) is 12.1 Å². The Balaban J connectivity index is 2.03. The van der Waals surface area contributed by atoms with Crippen molar-refractivity contribution in [1.82, 2.24) is 4.90 Å². The Morgan fingerprint density at radius 2 is 2.22 bits per heavy atom. The summed E-state index contributed by atoms with van der Waals surface area (Å²) in [5, 5.41) is 0. The summed E-state index contributed by atoms with van der Waals surface area (Å²) in [5.74, 6) is 0.995. The molecule has 1 heteroatoms.